The van der Waals surface area contributed by atoms with Crippen LogP contribution in [0.25, 0.3) is 0 Å². The third-order valence-corrected chi connectivity index (χ3v) is 4.15. The van der Waals surface area contributed by atoms with Crippen molar-refractivity contribution in [1.82, 2.24) is 16.2 Å². The molecule has 0 saturated heterocycles. The molecule has 11 heteroatoms. The first-order valence-electron chi connectivity index (χ1n) is 7.80. The second-order valence-corrected chi connectivity index (χ2v) is 6.75. The van der Waals surface area contributed by atoms with Gasteiger partial charge in [0.15, 0.2) is 11.7 Å². The topological polar surface area (TPSA) is 123 Å². The fourth-order valence-corrected chi connectivity index (χ4v) is 2.72. The molecule has 0 spiro atoms. The van der Waals surface area contributed by atoms with E-state index in [1.165, 1.54) is 24.3 Å². The lowest BCUT2D eigenvalue weighted by Crippen LogP contribution is -2.49. The molecule has 0 aliphatic rings. The van der Waals surface area contributed by atoms with Crippen LogP contribution in [0.4, 0.5) is 5.69 Å². The molecule has 0 heterocycles. The highest BCUT2D eigenvalue weighted by molar-refractivity contribution is 9.10. The third-order valence-electron chi connectivity index (χ3n) is 3.33. The van der Waals surface area contributed by atoms with Gasteiger partial charge in [0.25, 0.3) is 17.5 Å². The van der Waals surface area contributed by atoms with Crippen LogP contribution in [0.5, 0.6) is 5.75 Å². The van der Waals surface area contributed by atoms with Gasteiger partial charge in [-0.25, -0.2) is 0 Å². The zero-order chi connectivity index (χ0) is 20.7. The van der Waals surface area contributed by atoms with E-state index in [1.807, 2.05) is 19.1 Å². The molecule has 0 aliphatic heterocycles. The first kappa shape index (κ1) is 21.3. The van der Waals surface area contributed by atoms with Gasteiger partial charge in [0, 0.05) is 17.7 Å². The summed E-state index contributed by atoms with van der Waals surface area (Å²) in [6, 6.07) is 10.4. The van der Waals surface area contributed by atoms with Gasteiger partial charge in [-0.05, 0) is 64.9 Å². The van der Waals surface area contributed by atoms with Gasteiger partial charge < -0.3 is 4.74 Å². The number of nitrogens with zero attached hydrogens (tertiary/aromatic N) is 1. The average molecular weight is 467 g/mol. The van der Waals surface area contributed by atoms with Crippen molar-refractivity contribution in [2.45, 2.75) is 6.92 Å². The standard InChI is InChI=1S/C17H15BrN4O5S/c1-10-2-7-14(13(18)8-10)27-9-15(23)20-21-17(28)19-16(24)11-3-5-12(6-4-11)22(25)26/h2-8H,9H2,1H3,(H,20,23)(H2,19,21,24,28). The molecule has 0 unspecified atom stereocenters. The van der Waals surface area contributed by atoms with Crippen LogP contribution >= 0.6 is 28.1 Å². The summed E-state index contributed by atoms with van der Waals surface area (Å²) in [6.45, 7) is 1.66. The molecular weight excluding hydrogens is 452 g/mol. The summed E-state index contributed by atoms with van der Waals surface area (Å²) in [5, 5.41) is 12.8. The van der Waals surface area contributed by atoms with Crippen molar-refractivity contribution in [2.24, 2.45) is 0 Å². The molecular formula is C17H15BrN4O5S. The Labute approximate surface area is 173 Å². The minimum atomic E-state index is -0.582. The van der Waals surface area contributed by atoms with Crippen LogP contribution < -0.4 is 20.9 Å². The van der Waals surface area contributed by atoms with Gasteiger partial charge in [0.2, 0.25) is 0 Å². The number of hydrazine groups is 1. The summed E-state index contributed by atoms with van der Waals surface area (Å²) in [7, 11) is 0. The Kier molecular flexibility index (Phi) is 7.41. The Hall–Kier alpha value is -3.05. The van der Waals surface area contributed by atoms with Gasteiger partial charge in [-0.3, -0.25) is 35.9 Å². The molecule has 9 nitrogen and oxygen atoms in total. The summed E-state index contributed by atoms with van der Waals surface area (Å²) in [5.41, 5.74) is 5.74. The van der Waals surface area contributed by atoms with Crippen molar-refractivity contribution >= 4 is 50.8 Å². The van der Waals surface area contributed by atoms with Crippen LogP contribution in [0.1, 0.15) is 15.9 Å². The van der Waals surface area contributed by atoms with Crippen LogP contribution in [0.2, 0.25) is 0 Å². The van der Waals surface area contributed by atoms with Crippen LogP contribution in [0.3, 0.4) is 0 Å². The Balaban J connectivity index is 1.77. The van der Waals surface area contributed by atoms with Crippen LogP contribution in [-0.2, 0) is 4.79 Å². The zero-order valence-electron chi connectivity index (χ0n) is 14.5. The van der Waals surface area contributed by atoms with E-state index in [1.54, 1.807) is 6.07 Å². The Morgan fingerprint density at radius 2 is 1.86 bits per heavy atom. The van der Waals surface area contributed by atoms with E-state index in [-0.39, 0.29) is 23.0 Å². The maximum atomic E-state index is 12.0. The van der Waals surface area contributed by atoms with E-state index in [0.717, 1.165) is 10.0 Å². The second-order valence-electron chi connectivity index (χ2n) is 5.48. The number of nitro groups is 1. The maximum absolute atomic E-state index is 12.0. The molecule has 0 atom stereocenters. The van der Waals surface area contributed by atoms with Crippen LogP contribution in [0, 0.1) is 17.0 Å². The lowest BCUT2D eigenvalue weighted by molar-refractivity contribution is -0.384. The highest BCUT2D eigenvalue weighted by Crippen LogP contribution is 2.25. The van der Waals surface area contributed by atoms with Crippen molar-refractivity contribution in [3.8, 4) is 5.75 Å². The van der Waals surface area contributed by atoms with E-state index >= 15 is 0 Å². The molecule has 2 aromatic carbocycles. The summed E-state index contributed by atoms with van der Waals surface area (Å²) in [5.74, 6) is -0.587. The molecule has 0 saturated carbocycles. The van der Waals surface area contributed by atoms with Gasteiger partial charge in [-0.1, -0.05) is 6.07 Å². The molecule has 0 aliphatic carbocycles. The molecule has 2 rings (SSSR count). The normalized spacial score (nSPS) is 9.93. The first-order valence-corrected chi connectivity index (χ1v) is 9.00. The number of carbonyl (C=O) groups is 2. The van der Waals surface area contributed by atoms with Crippen molar-refractivity contribution in [3.05, 3.63) is 68.2 Å². The molecule has 0 aromatic heterocycles. The first-order chi connectivity index (χ1) is 13.3. The summed E-state index contributed by atoms with van der Waals surface area (Å²) in [6.07, 6.45) is 0. The van der Waals surface area contributed by atoms with Gasteiger partial charge in [0.1, 0.15) is 5.75 Å². The van der Waals surface area contributed by atoms with Gasteiger partial charge in [-0.15, -0.1) is 0 Å². The number of aryl methyl sites for hydroxylation is 1. The molecule has 3 N–H and O–H groups in total. The third kappa shape index (κ3) is 6.28. The number of non-ortho nitro benzene ring substituents is 1. The van der Waals surface area contributed by atoms with E-state index in [9.17, 15) is 19.7 Å². The fourth-order valence-electron chi connectivity index (χ4n) is 1.97. The van der Waals surface area contributed by atoms with E-state index < -0.39 is 16.7 Å². The van der Waals surface area contributed by atoms with E-state index in [0.29, 0.717) is 5.75 Å². The molecule has 0 bridgehead atoms. The Morgan fingerprint density at radius 3 is 2.46 bits per heavy atom. The maximum Gasteiger partial charge on any atom is 0.276 e. The second kappa shape index (κ2) is 9.76. The SMILES string of the molecule is Cc1ccc(OCC(=O)NNC(=S)NC(=O)c2ccc([N+](=O)[O-])cc2)c(Br)c1. The van der Waals surface area contributed by atoms with E-state index in [4.69, 9.17) is 17.0 Å². The van der Waals surface area contributed by atoms with Gasteiger partial charge >= 0.3 is 0 Å². The predicted molar refractivity (Wildman–Crippen MR) is 109 cm³/mol. The Bertz CT molecular complexity index is 920. The minimum Gasteiger partial charge on any atom is -0.483 e. The molecule has 28 heavy (non-hydrogen) atoms. The summed E-state index contributed by atoms with van der Waals surface area (Å²) >= 11 is 8.26. The zero-order valence-corrected chi connectivity index (χ0v) is 16.9. The number of halogens is 1. The van der Waals surface area contributed by atoms with Crippen LogP contribution in [-0.4, -0.2) is 28.5 Å². The number of benzene rings is 2. The summed E-state index contributed by atoms with van der Waals surface area (Å²) in [4.78, 5) is 33.9. The number of carbonyl (C=O) groups excluding carboxylic acids is 2. The highest BCUT2D eigenvalue weighted by Gasteiger charge is 2.11. The van der Waals surface area contributed by atoms with Crippen molar-refractivity contribution < 1.29 is 19.2 Å². The van der Waals surface area contributed by atoms with Crippen molar-refractivity contribution in [2.75, 3.05) is 6.61 Å². The minimum absolute atomic E-state index is 0.135. The molecule has 146 valence electrons. The molecule has 0 radical (unpaired) electrons. The number of nitro benzene ring substituents is 1. The fraction of sp³-hybridized carbons (Fsp3) is 0.118. The number of thiocarbonyl (C=S) groups is 1. The number of amides is 2. The molecule has 0 fully saturated rings. The smallest absolute Gasteiger partial charge is 0.276 e. The molecule has 2 amide bonds. The summed E-state index contributed by atoms with van der Waals surface area (Å²) < 4.78 is 6.10. The lowest BCUT2D eigenvalue weighted by Gasteiger charge is -2.12. The van der Waals surface area contributed by atoms with Crippen molar-refractivity contribution in [3.63, 3.8) is 0 Å². The number of ether oxygens (including phenoxy) is 1. The number of hydrogen-bond acceptors (Lipinski definition) is 6. The molecule has 2 aromatic rings. The number of rotatable bonds is 5. The average Bonchev–Trinajstić information content (AvgIpc) is 2.65. The largest absolute Gasteiger partial charge is 0.483 e. The van der Waals surface area contributed by atoms with Gasteiger partial charge in [-0.2, -0.15) is 0 Å². The predicted octanol–water partition coefficient (Wildman–Crippen LogP) is 2.38. The monoisotopic (exact) mass is 466 g/mol. The van der Waals surface area contributed by atoms with Gasteiger partial charge in [0.05, 0.1) is 9.40 Å². The number of hydrogen-bond donors (Lipinski definition) is 3. The van der Waals surface area contributed by atoms with Crippen molar-refractivity contribution in [1.29, 1.82) is 0 Å². The highest BCUT2D eigenvalue weighted by atomic mass is 79.9. The Morgan fingerprint density at radius 1 is 1.18 bits per heavy atom. The lowest BCUT2D eigenvalue weighted by atomic mass is 10.2. The van der Waals surface area contributed by atoms with Crippen LogP contribution in [0.15, 0.2) is 46.9 Å². The number of nitrogens with one attached hydrogen (secondary N) is 3. The quantitative estimate of drug-likeness (QED) is 0.351. The van der Waals surface area contributed by atoms with E-state index in [2.05, 4.69) is 32.1 Å².